The van der Waals surface area contributed by atoms with Crippen LogP contribution in [-0.4, -0.2) is 45.4 Å². The van der Waals surface area contributed by atoms with Gasteiger partial charge in [0.2, 0.25) is 5.91 Å². The first-order valence-electron chi connectivity index (χ1n) is 10.1. The topological polar surface area (TPSA) is 84.6 Å². The number of piperidine rings is 1. The maximum atomic E-state index is 12.7. The lowest BCUT2D eigenvalue weighted by Gasteiger charge is -2.32. The van der Waals surface area contributed by atoms with Crippen LogP contribution in [0.5, 0.6) is 5.75 Å². The summed E-state index contributed by atoms with van der Waals surface area (Å²) in [7, 11) is 0. The molecule has 0 radical (unpaired) electrons. The number of rotatable bonds is 6. The summed E-state index contributed by atoms with van der Waals surface area (Å²) >= 11 is 0. The predicted octanol–water partition coefficient (Wildman–Crippen LogP) is 2.62. The average Bonchev–Trinajstić information content (AvgIpc) is 3.22. The van der Waals surface area contributed by atoms with Crippen molar-refractivity contribution in [3.05, 3.63) is 48.3 Å². The first-order valence-corrected chi connectivity index (χ1v) is 10.1. The van der Waals surface area contributed by atoms with E-state index in [4.69, 9.17) is 4.74 Å². The number of hydrogen-bond donors (Lipinski definition) is 1. The van der Waals surface area contributed by atoms with Crippen molar-refractivity contribution in [1.82, 2.24) is 25.1 Å². The van der Waals surface area contributed by atoms with E-state index in [-0.39, 0.29) is 17.9 Å². The van der Waals surface area contributed by atoms with Gasteiger partial charge in [0, 0.05) is 19.0 Å². The summed E-state index contributed by atoms with van der Waals surface area (Å²) in [4.78, 5) is 15.0. The van der Waals surface area contributed by atoms with Gasteiger partial charge in [0.15, 0.2) is 5.65 Å². The van der Waals surface area contributed by atoms with Crippen molar-refractivity contribution in [2.75, 3.05) is 24.6 Å². The zero-order chi connectivity index (χ0) is 20.2. The standard InChI is InChI=1S/C21H26N6O2/c1-3-29-18-6-4-16(5-7-18)15(2)23-21(28)17-10-12-26(13-11-17)20-9-8-19-24-22-14-27(19)25-20/h4-9,14-15,17H,3,10-13H2,1-2H3,(H,23,28)/t15-/m1/s1. The molecule has 2 aromatic heterocycles. The van der Waals surface area contributed by atoms with E-state index < -0.39 is 0 Å². The molecule has 0 spiro atoms. The van der Waals surface area contributed by atoms with Gasteiger partial charge in [-0.2, -0.15) is 4.52 Å². The number of amides is 1. The van der Waals surface area contributed by atoms with E-state index in [9.17, 15) is 4.79 Å². The number of nitrogens with zero attached hydrogens (tertiary/aromatic N) is 5. The number of anilines is 1. The minimum Gasteiger partial charge on any atom is -0.494 e. The minimum atomic E-state index is -0.0333. The normalized spacial score (nSPS) is 16.0. The van der Waals surface area contributed by atoms with Gasteiger partial charge >= 0.3 is 0 Å². The number of hydrogen-bond acceptors (Lipinski definition) is 6. The van der Waals surface area contributed by atoms with Gasteiger partial charge in [-0.15, -0.1) is 15.3 Å². The minimum absolute atomic E-state index is 0.0232. The number of nitrogens with one attached hydrogen (secondary N) is 1. The van der Waals surface area contributed by atoms with Gasteiger partial charge in [-0.05, 0) is 56.5 Å². The summed E-state index contributed by atoms with van der Waals surface area (Å²) in [6.45, 7) is 6.23. The zero-order valence-corrected chi connectivity index (χ0v) is 16.8. The van der Waals surface area contributed by atoms with Crippen LogP contribution in [-0.2, 0) is 4.79 Å². The van der Waals surface area contributed by atoms with Crippen molar-refractivity contribution >= 4 is 17.4 Å². The molecule has 0 bridgehead atoms. The molecule has 1 amide bonds. The highest BCUT2D eigenvalue weighted by atomic mass is 16.5. The molecule has 4 rings (SSSR count). The van der Waals surface area contributed by atoms with Crippen molar-refractivity contribution in [3.8, 4) is 5.75 Å². The Bertz CT molecular complexity index is 963. The molecular weight excluding hydrogens is 368 g/mol. The molecule has 8 nitrogen and oxygen atoms in total. The van der Waals surface area contributed by atoms with E-state index in [1.807, 2.05) is 50.2 Å². The van der Waals surface area contributed by atoms with Crippen LogP contribution >= 0.6 is 0 Å². The Hall–Kier alpha value is -3.16. The highest BCUT2D eigenvalue weighted by molar-refractivity contribution is 5.79. The molecule has 1 fully saturated rings. The molecule has 29 heavy (non-hydrogen) atoms. The number of carbonyl (C=O) groups is 1. The summed E-state index contributed by atoms with van der Waals surface area (Å²) in [5, 5.41) is 15.5. The van der Waals surface area contributed by atoms with Crippen LogP contribution in [0.25, 0.3) is 5.65 Å². The van der Waals surface area contributed by atoms with Gasteiger partial charge in [0.25, 0.3) is 0 Å². The molecule has 0 aliphatic carbocycles. The van der Waals surface area contributed by atoms with E-state index in [0.29, 0.717) is 6.61 Å². The van der Waals surface area contributed by atoms with E-state index in [0.717, 1.165) is 48.7 Å². The van der Waals surface area contributed by atoms with E-state index in [1.165, 1.54) is 0 Å². The van der Waals surface area contributed by atoms with Gasteiger partial charge < -0.3 is 15.0 Å². The van der Waals surface area contributed by atoms with Crippen LogP contribution in [0.4, 0.5) is 5.82 Å². The van der Waals surface area contributed by atoms with E-state index in [2.05, 4.69) is 25.5 Å². The molecule has 1 saturated heterocycles. The van der Waals surface area contributed by atoms with Crippen LogP contribution < -0.4 is 15.0 Å². The molecule has 3 heterocycles. The lowest BCUT2D eigenvalue weighted by Crippen LogP contribution is -2.41. The van der Waals surface area contributed by atoms with Crippen molar-refractivity contribution in [2.24, 2.45) is 5.92 Å². The summed E-state index contributed by atoms with van der Waals surface area (Å²) in [5.74, 6) is 1.88. The summed E-state index contributed by atoms with van der Waals surface area (Å²) in [5.41, 5.74) is 1.80. The summed E-state index contributed by atoms with van der Waals surface area (Å²) in [6, 6.07) is 11.7. The molecule has 152 valence electrons. The third-order valence-electron chi connectivity index (χ3n) is 5.39. The van der Waals surface area contributed by atoms with E-state index in [1.54, 1.807) is 10.8 Å². The number of benzene rings is 1. The number of fused-ring (bicyclic) bond motifs is 1. The number of aromatic nitrogens is 4. The van der Waals surface area contributed by atoms with E-state index >= 15 is 0 Å². The number of ether oxygens (including phenoxy) is 1. The average molecular weight is 394 g/mol. The van der Waals surface area contributed by atoms with Crippen molar-refractivity contribution in [3.63, 3.8) is 0 Å². The maximum absolute atomic E-state index is 12.7. The van der Waals surface area contributed by atoms with Crippen LogP contribution in [0.3, 0.4) is 0 Å². The lowest BCUT2D eigenvalue weighted by atomic mass is 9.95. The smallest absolute Gasteiger partial charge is 0.223 e. The van der Waals surface area contributed by atoms with Crippen molar-refractivity contribution < 1.29 is 9.53 Å². The van der Waals surface area contributed by atoms with Gasteiger partial charge in [0.1, 0.15) is 17.9 Å². The molecule has 3 aromatic rings. The number of carbonyl (C=O) groups excluding carboxylic acids is 1. The molecule has 1 aliphatic rings. The second-order valence-corrected chi connectivity index (χ2v) is 7.32. The third-order valence-corrected chi connectivity index (χ3v) is 5.39. The van der Waals surface area contributed by atoms with Crippen LogP contribution in [0.15, 0.2) is 42.7 Å². The molecule has 0 saturated carbocycles. The fourth-order valence-corrected chi connectivity index (χ4v) is 3.69. The maximum Gasteiger partial charge on any atom is 0.223 e. The molecule has 1 aliphatic heterocycles. The van der Waals surface area contributed by atoms with Crippen LogP contribution in [0.2, 0.25) is 0 Å². The van der Waals surface area contributed by atoms with Gasteiger partial charge in [-0.25, -0.2) is 0 Å². The van der Waals surface area contributed by atoms with Gasteiger partial charge in [0.05, 0.1) is 12.6 Å². The predicted molar refractivity (Wildman–Crippen MR) is 110 cm³/mol. The third kappa shape index (κ3) is 4.31. The highest BCUT2D eigenvalue weighted by Crippen LogP contribution is 2.24. The van der Waals surface area contributed by atoms with Crippen molar-refractivity contribution in [2.45, 2.75) is 32.7 Å². The second kappa shape index (κ2) is 8.46. The first kappa shape index (κ1) is 19.2. The Morgan fingerprint density at radius 1 is 1.21 bits per heavy atom. The summed E-state index contributed by atoms with van der Waals surface area (Å²) < 4.78 is 7.15. The Morgan fingerprint density at radius 3 is 2.69 bits per heavy atom. The monoisotopic (exact) mass is 394 g/mol. The Morgan fingerprint density at radius 2 is 1.97 bits per heavy atom. The van der Waals surface area contributed by atoms with Crippen LogP contribution in [0.1, 0.15) is 38.3 Å². The Labute approximate surface area is 169 Å². The molecule has 1 atom stereocenters. The van der Waals surface area contributed by atoms with Crippen LogP contribution in [0, 0.1) is 5.92 Å². The fourth-order valence-electron chi connectivity index (χ4n) is 3.69. The van der Waals surface area contributed by atoms with Gasteiger partial charge in [-0.1, -0.05) is 12.1 Å². The van der Waals surface area contributed by atoms with Crippen molar-refractivity contribution in [1.29, 1.82) is 0 Å². The zero-order valence-electron chi connectivity index (χ0n) is 16.8. The molecule has 0 unspecified atom stereocenters. The lowest BCUT2D eigenvalue weighted by molar-refractivity contribution is -0.126. The summed E-state index contributed by atoms with van der Waals surface area (Å²) in [6.07, 6.45) is 3.22. The molecule has 1 aromatic carbocycles. The fraction of sp³-hybridized carbons (Fsp3) is 0.429. The Kier molecular flexibility index (Phi) is 5.59. The Balaban J connectivity index is 1.31. The quantitative estimate of drug-likeness (QED) is 0.692. The first-order chi connectivity index (χ1) is 14.1. The molecule has 1 N–H and O–H groups in total. The highest BCUT2D eigenvalue weighted by Gasteiger charge is 2.26. The SMILES string of the molecule is CCOc1ccc([C@@H](C)NC(=O)C2CCN(c3ccc4nncn4n3)CC2)cc1. The second-order valence-electron chi connectivity index (χ2n) is 7.32. The molecule has 8 heteroatoms. The molecular formula is C21H26N6O2. The largest absolute Gasteiger partial charge is 0.494 e. The van der Waals surface area contributed by atoms with Gasteiger partial charge in [-0.3, -0.25) is 4.79 Å².